The fourth-order valence-corrected chi connectivity index (χ4v) is 4.09. The van der Waals surface area contributed by atoms with Crippen LogP contribution in [0.15, 0.2) is 82.2 Å². The normalized spacial score (nSPS) is 11.1. The zero-order valence-corrected chi connectivity index (χ0v) is 20.1. The first-order valence-electron chi connectivity index (χ1n) is 11.9. The van der Waals surface area contributed by atoms with E-state index < -0.39 is 5.82 Å². The molecule has 3 heterocycles. The van der Waals surface area contributed by atoms with Crippen LogP contribution >= 0.6 is 0 Å². The molecule has 0 atom stereocenters. The van der Waals surface area contributed by atoms with Gasteiger partial charge < -0.3 is 14.4 Å². The van der Waals surface area contributed by atoms with E-state index in [0.29, 0.717) is 28.8 Å². The summed E-state index contributed by atoms with van der Waals surface area (Å²) in [6.07, 6.45) is 3.16. The third-order valence-electron chi connectivity index (χ3n) is 5.92. The van der Waals surface area contributed by atoms with Crippen molar-refractivity contribution in [1.29, 1.82) is 0 Å². The molecule has 8 nitrogen and oxygen atoms in total. The van der Waals surface area contributed by atoms with Crippen LogP contribution in [0, 0.1) is 12.7 Å². The molecule has 0 radical (unpaired) electrons. The standard InChI is InChI=1S/C28H24FN5O3/c1-18-12-13-22-25(36)23(28-32-26(33-37-28)20-10-5-11-21(29)15-20)16-34(27(22)31-18)17-24(35)30-14-6-9-19-7-3-2-4-8-19/h2-5,7-8,10-13,15-16H,6,9,14,17H2,1H3,(H,30,35). The molecule has 0 fully saturated rings. The van der Waals surface area contributed by atoms with Crippen LogP contribution in [-0.4, -0.2) is 32.1 Å². The van der Waals surface area contributed by atoms with Gasteiger partial charge in [-0.15, -0.1) is 0 Å². The highest BCUT2D eigenvalue weighted by Gasteiger charge is 2.19. The van der Waals surface area contributed by atoms with Crippen LogP contribution < -0.4 is 10.7 Å². The first-order chi connectivity index (χ1) is 18.0. The summed E-state index contributed by atoms with van der Waals surface area (Å²) in [5.41, 5.74) is 2.51. The smallest absolute Gasteiger partial charge is 0.263 e. The average Bonchev–Trinajstić information content (AvgIpc) is 3.39. The third kappa shape index (κ3) is 5.45. The number of nitrogens with zero attached hydrogens (tertiary/aromatic N) is 4. The van der Waals surface area contributed by atoms with Gasteiger partial charge in [-0.05, 0) is 49.6 Å². The molecule has 0 saturated carbocycles. The quantitative estimate of drug-likeness (QED) is 0.321. The van der Waals surface area contributed by atoms with Crippen molar-refractivity contribution < 1.29 is 13.7 Å². The van der Waals surface area contributed by atoms with Crippen molar-refractivity contribution in [2.45, 2.75) is 26.3 Å². The van der Waals surface area contributed by atoms with Crippen LogP contribution in [0.3, 0.4) is 0 Å². The van der Waals surface area contributed by atoms with Crippen molar-refractivity contribution in [2.75, 3.05) is 6.54 Å². The third-order valence-corrected chi connectivity index (χ3v) is 5.92. The van der Waals surface area contributed by atoms with E-state index in [2.05, 4.69) is 32.6 Å². The zero-order valence-electron chi connectivity index (χ0n) is 20.1. The van der Waals surface area contributed by atoms with E-state index in [0.717, 1.165) is 12.8 Å². The van der Waals surface area contributed by atoms with Gasteiger partial charge in [-0.1, -0.05) is 47.6 Å². The Hall–Kier alpha value is -4.66. The van der Waals surface area contributed by atoms with Gasteiger partial charge in [0.1, 0.15) is 23.6 Å². The molecule has 5 aromatic rings. The van der Waals surface area contributed by atoms with Crippen LogP contribution in [0.5, 0.6) is 0 Å². The number of aromatic nitrogens is 4. The van der Waals surface area contributed by atoms with Gasteiger partial charge in [-0.25, -0.2) is 9.37 Å². The summed E-state index contributed by atoms with van der Waals surface area (Å²) in [6.45, 7) is 2.29. The molecule has 0 aliphatic carbocycles. The number of benzene rings is 2. The molecule has 1 N–H and O–H groups in total. The Labute approximate surface area is 211 Å². The van der Waals surface area contributed by atoms with Gasteiger partial charge in [0.25, 0.3) is 5.89 Å². The van der Waals surface area contributed by atoms with Crippen LogP contribution in [0.4, 0.5) is 4.39 Å². The summed E-state index contributed by atoms with van der Waals surface area (Å²) in [6, 6.07) is 19.2. The van der Waals surface area contributed by atoms with E-state index in [1.54, 1.807) is 22.8 Å². The highest BCUT2D eigenvalue weighted by molar-refractivity contribution is 5.83. The van der Waals surface area contributed by atoms with E-state index in [1.807, 2.05) is 25.1 Å². The van der Waals surface area contributed by atoms with Gasteiger partial charge in [-0.2, -0.15) is 4.98 Å². The first-order valence-corrected chi connectivity index (χ1v) is 11.9. The zero-order chi connectivity index (χ0) is 25.8. The number of nitrogens with one attached hydrogen (secondary N) is 1. The number of amides is 1. The van der Waals surface area contributed by atoms with Crippen LogP contribution in [0.2, 0.25) is 0 Å². The van der Waals surface area contributed by atoms with Crippen LogP contribution in [0.1, 0.15) is 17.7 Å². The topological polar surface area (TPSA) is 103 Å². The lowest BCUT2D eigenvalue weighted by molar-refractivity contribution is -0.121. The molecule has 37 heavy (non-hydrogen) atoms. The van der Waals surface area contributed by atoms with E-state index in [9.17, 15) is 14.0 Å². The maximum atomic E-state index is 13.6. The lowest BCUT2D eigenvalue weighted by atomic mass is 10.1. The molecule has 186 valence electrons. The molecule has 9 heteroatoms. The van der Waals surface area contributed by atoms with Crippen molar-refractivity contribution in [3.63, 3.8) is 0 Å². The SMILES string of the molecule is Cc1ccc2c(=O)c(-c3nc(-c4cccc(F)c4)no3)cn(CC(=O)NCCCc3ccccc3)c2n1. The number of rotatable bonds is 8. The average molecular weight is 498 g/mol. The number of hydrogen-bond donors (Lipinski definition) is 1. The lowest BCUT2D eigenvalue weighted by Gasteiger charge is -2.12. The van der Waals surface area contributed by atoms with Gasteiger partial charge in [-0.3, -0.25) is 9.59 Å². The second-order valence-corrected chi connectivity index (χ2v) is 8.70. The summed E-state index contributed by atoms with van der Waals surface area (Å²) in [4.78, 5) is 34.9. The second kappa shape index (κ2) is 10.5. The molecule has 1 amide bonds. The number of fused-ring (bicyclic) bond motifs is 1. The molecule has 5 rings (SSSR count). The maximum absolute atomic E-state index is 13.6. The number of carbonyl (C=O) groups excluding carboxylic acids is 1. The Morgan fingerprint density at radius 1 is 1.05 bits per heavy atom. The monoisotopic (exact) mass is 497 g/mol. The van der Waals surface area contributed by atoms with Crippen molar-refractivity contribution in [3.05, 3.63) is 100 Å². The second-order valence-electron chi connectivity index (χ2n) is 8.70. The Morgan fingerprint density at radius 3 is 2.70 bits per heavy atom. The van der Waals surface area contributed by atoms with Crippen molar-refractivity contribution in [3.8, 4) is 22.8 Å². The Kier molecular flexibility index (Phi) is 6.85. The van der Waals surface area contributed by atoms with Gasteiger partial charge in [0.2, 0.25) is 17.2 Å². The molecule has 0 aliphatic heterocycles. The molecular weight excluding hydrogens is 473 g/mol. The van der Waals surface area contributed by atoms with Gasteiger partial charge in [0, 0.05) is 24.0 Å². The van der Waals surface area contributed by atoms with Crippen LogP contribution in [0.25, 0.3) is 33.9 Å². The molecule has 3 aromatic heterocycles. The lowest BCUT2D eigenvalue weighted by Crippen LogP contribution is -2.29. The minimum Gasteiger partial charge on any atom is -0.355 e. The molecule has 0 unspecified atom stereocenters. The summed E-state index contributed by atoms with van der Waals surface area (Å²) in [5.74, 6) is -0.520. The molecule has 0 aliphatic rings. The number of halogens is 1. The van der Waals surface area contributed by atoms with Gasteiger partial charge >= 0.3 is 0 Å². The Balaban J connectivity index is 1.40. The van der Waals surface area contributed by atoms with Crippen LogP contribution in [-0.2, 0) is 17.8 Å². The molecular formula is C28H24FN5O3. The predicted octanol–water partition coefficient (Wildman–Crippen LogP) is 4.31. The van der Waals surface area contributed by atoms with Crippen molar-refractivity contribution in [1.82, 2.24) is 25.0 Å². The Morgan fingerprint density at radius 2 is 1.89 bits per heavy atom. The molecule has 2 aromatic carbocycles. The molecule has 0 bridgehead atoms. The molecule has 0 spiro atoms. The molecule has 0 saturated heterocycles. The highest BCUT2D eigenvalue weighted by atomic mass is 19.1. The largest absolute Gasteiger partial charge is 0.355 e. The minimum atomic E-state index is -0.437. The van der Waals surface area contributed by atoms with Gasteiger partial charge in [0.05, 0.1) is 5.39 Å². The van der Waals surface area contributed by atoms with Gasteiger partial charge in [0.15, 0.2) is 0 Å². The van der Waals surface area contributed by atoms with E-state index in [4.69, 9.17) is 4.52 Å². The summed E-state index contributed by atoms with van der Waals surface area (Å²) < 4.78 is 20.6. The van der Waals surface area contributed by atoms with Crippen molar-refractivity contribution >= 4 is 16.9 Å². The summed E-state index contributed by atoms with van der Waals surface area (Å²) in [5, 5.41) is 7.17. The number of pyridine rings is 2. The summed E-state index contributed by atoms with van der Waals surface area (Å²) in [7, 11) is 0. The maximum Gasteiger partial charge on any atom is 0.263 e. The minimum absolute atomic E-state index is 0.0243. The first kappa shape index (κ1) is 24.1. The van der Waals surface area contributed by atoms with Crippen molar-refractivity contribution in [2.24, 2.45) is 0 Å². The number of aryl methyl sites for hydroxylation is 2. The van der Waals surface area contributed by atoms with E-state index >= 15 is 0 Å². The van der Waals surface area contributed by atoms with E-state index in [-0.39, 0.29) is 35.2 Å². The number of hydrogen-bond acceptors (Lipinski definition) is 6. The Bertz CT molecular complexity index is 1630. The predicted molar refractivity (Wildman–Crippen MR) is 137 cm³/mol. The fraction of sp³-hybridized carbons (Fsp3) is 0.179. The number of carbonyl (C=O) groups is 1. The fourth-order valence-electron chi connectivity index (χ4n) is 4.09. The van der Waals surface area contributed by atoms with E-state index in [1.165, 1.54) is 30.0 Å². The highest BCUT2D eigenvalue weighted by Crippen LogP contribution is 2.22. The summed E-state index contributed by atoms with van der Waals surface area (Å²) >= 11 is 0.